The van der Waals surface area contributed by atoms with Gasteiger partial charge < -0.3 is 4.74 Å². The topological polar surface area (TPSA) is 98.5 Å². The monoisotopic (exact) mass is 390 g/mol. The van der Waals surface area contributed by atoms with E-state index in [0.717, 1.165) is 43.1 Å². The average Bonchev–Trinajstić information content (AvgIpc) is 3.17. The highest BCUT2D eigenvalue weighted by molar-refractivity contribution is 7.89. The van der Waals surface area contributed by atoms with E-state index in [1.54, 1.807) is 7.11 Å². The lowest BCUT2D eigenvalue weighted by Crippen LogP contribution is -2.39. The molecule has 1 saturated carbocycles. The summed E-state index contributed by atoms with van der Waals surface area (Å²) in [4.78, 5) is 10.2. The maximum atomic E-state index is 12.7. The molecule has 144 valence electrons. The SMILES string of the molecule is COc1ccc(C2(CNS(=O)(=O)c3cccc([N+](=O)[O-])c3)CCCC2)cc1. The fraction of sp³-hybridized carbons (Fsp3) is 0.368. The molecule has 3 rings (SSSR count). The molecule has 0 atom stereocenters. The maximum Gasteiger partial charge on any atom is 0.270 e. The Labute approximate surface area is 158 Å². The number of nitrogens with one attached hydrogen (secondary N) is 1. The van der Waals surface area contributed by atoms with Gasteiger partial charge in [-0.25, -0.2) is 13.1 Å². The molecule has 1 N–H and O–H groups in total. The summed E-state index contributed by atoms with van der Waals surface area (Å²) in [5, 5.41) is 10.9. The number of non-ortho nitro benzene ring substituents is 1. The highest BCUT2D eigenvalue weighted by Crippen LogP contribution is 2.41. The third-order valence-corrected chi connectivity index (χ3v) is 6.60. The Morgan fingerprint density at radius 3 is 2.41 bits per heavy atom. The van der Waals surface area contributed by atoms with Gasteiger partial charge in [0.25, 0.3) is 5.69 Å². The second-order valence-corrected chi connectivity index (χ2v) is 8.56. The first-order valence-corrected chi connectivity index (χ1v) is 10.2. The van der Waals surface area contributed by atoms with Crippen molar-refractivity contribution in [3.63, 3.8) is 0 Å². The summed E-state index contributed by atoms with van der Waals surface area (Å²) in [7, 11) is -2.24. The second-order valence-electron chi connectivity index (χ2n) is 6.79. The third kappa shape index (κ3) is 4.12. The van der Waals surface area contributed by atoms with Crippen LogP contribution in [0.1, 0.15) is 31.2 Å². The van der Waals surface area contributed by atoms with Crippen LogP contribution in [0.4, 0.5) is 5.69 Å². The van der Waals surface area contributed by atoms with Crippen molar-refractivity contribution >= 4 is 15.7 Å². The molecule has 2 aromatic rings. The normalized spacial score (nSPS) is 16.2. The zero-order valence-corrected chi connectivity index (χ0v) is 15.9. The molecule has 1 aliphatic carbocycles. The van der Waals surface area contributed by atoms with E-state index in [-0.39, 0.29) is 22.5 Å². The summed E-state index contributed by atoms with van der Waals surface area (Å²) in [5.41, 5.74) is 0.547. The van der Waals surface area contributed by atoms with Gasteiger partial charge in [0.15, 0.2) is 0 Å². The van der Waals surface area contributed by atoms with Crippen LogP contribution in [-0.4, -0.2) is 27.0 Å². The molecule has 0 spiro atoms. The predicted octanol–water partition coefficient (Wildman–Crippen LogP) is 3.39. The maximum absolute atomic E-state index is 12.7. The van der Waals surface area contributed by atoms with Gasteiger partial charge in [-0.15, -0.1) is 0 Å². The van der Waals surface area contributed by atoms with Crippen molar-refractivity contribution in [3.8, 4) is 5.75 Å². The van der Waals surface area contributed by atoms with E-state index in [2.05, 4.69) is 4.72 Å². The highest BCUT2D eigenvalue weighted by Gasteiger charge is 2.36. The lowest BCUT2D eigenvalue weighted by molar-refractivity contribution is -0.385. The van der Waals surface area contributed by atoms with Crippen LogP contribution in [-0.2, 0) is 15.4 Å². The fourth-order valence-corrected chi connectivity index (χ4v) is 4.81. The summed E-state index contributed by atoms with van der Waals surface area (Å²) >= 11 is 0. The molecule has 1 aliphatic rings. The van der Waals surface area contributed by atoms with Crippen LogP contribution in [0.2, 0.25) is 0 Å². The lowest BCUT2D eigenvalue weighted by Gasteiger charge is -2.30. The van der Waals surface area contributed by atoms with Gasteiger partial charge in [0.1, 0.15) is 5.75 Å². The Morgan fingerprint density at radius 2 is 1.81 bits per heavy atom. The Bertz CT molecular complexity index is 919. The number of sulfonamides is 1. The molecule has 0 amide bonds. The van der Waals surface area contributed by atoms with Gasteiger partial charge in [0, 0.05) is 24.1 Å². The highest BCUT2D eigenvalue weighted by atomic mass is 32.2. The smallest absolute Gasteiger partial charge is 0.270 e. The van der Waals surface area contributed by atoms with E-state index in [0.29, 0.717) is 0 Å². The molecular weight excluding hydrogens is 368 g/mol. The summed E-state index contributed by atoms with van der Waals surface area (Å²) in [6.45, 7) is 0.254. The van der Waals surface area contributed by atoms with Gasteiger partial charge in [0.2, 0.25) is 10.0 Å². The van der Waals surface area contributed by atoms with Gasteiger partial charge in [-0.2, -0.15) is 0 Å². The first-order valence-electron chi connectivity index (χ1n) is 8.75. The molecule has 0 heterocycles. The number of hydrogen-bond acceptors (Lipinski definition) is 5. The van der Waals surface area contributed by atoms with Crippen molar-refractivity contribution in [1.82, 2.24) is 4.72 Å². The Kier molecular flexibility index (Phi) is 5.48. The number of nitro benzene ring substituents is 1. The summed E-state index contributed by atoms with van der Waals surface area (Å²) in [6, 6.07) is 12.8. The largest absolute Gasteiger partial charge is 0.497 e. The molecule has 0 bridgehead atoms. The van der Waals surface area contributed by atoms with Crippen molar-refractivity contribution in [2.24, 2.45) is 0 Å². The number of rotatable bonds is 7. The molecule has 8 heteroatoms. The number of nitro groups is 1. The fourth-order valence-electron chi connectivity index (χ4n) is 3.64. The number of nitrogens with zero attached hydrogens (tertiary/aromatic N) is 1. The first kappa shape index (κ1) is 19.3. The van der Waals surface area contributed by atoms with Crippen LogP contribution < -0.4 is 9.46 Å². The molecular formula is C19H22N2O5S. The third-order valence-electron chi connectivity index (χ3n) is 5.20. The molecule has 7 nitrogen and oxygen atoms in total. The first-order chi connectivity index (χ1) is 12.9. The number of hydrogen-bond donors (Lipinski definition) is 1. The van der Waals surface area contributed by atoms with E-state index in [4.69, 9.17) is 4.74 Å². The minimum Gasteiger partial charge on any atom is -0.497 e. The lowest BCUT2D eigenvalue weighted by atomic mass is 9.79. The van der Waals surface area contributed by atoms with Crippen molar-refractivity contribution in [3.05, 3.63) is 64.2 Å². The van der Waals surface area contributed by atoms with Crippen molar-refractivity contribution in [1.29, 1.82) is 0 Å². The Hall–Kier alpha value is -2.45. The van der Waals surface area contributed by atoms with Gasteiger partial charge in [-0.3, -0.25) is 10.1 Å². The van der Waals surface area contributed by atoms with E-state index >= 15 is 0 Å². The second kappa shape index (κ2) is 7.66. The summed E-state index contributed by atoms with van der Waals surface area (Å²) in [5.74, 6) is 0.754. The van der Waals surface area contributed by atoms with Crippen LogP contribution in [0.3, 0.4) is 0 Å². The molecule has 1 fully saturated rings. The summed E-state index contributed by atoms with van der Waals surface area (Å²) in [6.07, 6.45) is 3.84. The molecule has 0 radical (unpaired) electrons. The molecule has 27 heavy (non-hydrogen) atoms. The number of methoxy groups -OCH3 is 1. The zero-order valence-electron chi connectivity index (χ0n) is 15.1. The molecule has 0 aromatic heterocycles. The van der Waals surface area contributed by atoms with Gasteiger partial charge in [-0.05, 0) is 36.6 Å². The quantitative estimate of drug-likeness (QED) is 0.577. The van der Waals surface area contributed by atoms with E-state index < -0.39 is 14.9 Å². The van der Waals surface area contributed by atoms with E-state index in [1.165, 1.54) is 18.2 Å². The molecule has 2 aromatic carbocycles. The number of ether oxygens (including phenoxy) is 1. The minimum atomic E-state index is -3.84. The van der Waals surface area contributed by atoms with Crippen LogP contribution in [0.5, 0.6) is 5.75 Å². The zero-order chi connectivity index (χ0) is 19.5. The van der Waals surface area contributed by atoms with Crippen LogP contribution >= 0.6 is 0 Å². The van der Waals surface area contributed by atoms with E-state index in [1.807, 2.05) is 24.3 Å². The van der Waals surface area contributed by atoms with Crippen LogP contribution in [0, 0.1) is 10.1 Å². The Balaban J connectivity index is 1.83. The van der Waals surface area contributed by atoms with Gasteiger partial charge in [0.05, 0.1) is 16.9 Å². The number of benzene rings is 2. The Morgan fingerprint density at radius 1 is 1.15 bits per heavy atom. The van der Waals surface area contributed by atoms with E-state index in [9.17, 15) is 18.5 Å². The molecule has 0 unspecified atom stereocenters. The van der Waals surface area contributed by atoms with Crippen LogP contribution in [0.25, 0.3) is 0 Å². The van der Waals surface area contributed by atoms with Crippen LogP contribution in [0.15, 0.2) is 53.4 Å². The minimum absolute atomic E-state index is 0.0976. The van der Waals surface area contributed by atoms with Crippen molar-refractivity contribution < 1.29 is 18.1 Å². The standard InChI is InChI=1S/C19H22N2O5S/c1-26-17-9-7-15(8-10-17)19(11-2-3-12-19)14-20-27(24,25)18-6-4-5-16(13-18)21(22)23/h4-10,13,20H,2-3,11-12,14H2,1H3. The van der Waals surface area contributed by atoms with Gasteiger partial charge in [-0.1, -0.05) is 31.0 Å². The van der Waals surface area contributed by atoms with Crippen molar-refractivity contribution in [2.45, 2.75) is 36.0 Å². The summed E-state index contributed by atoms with van der Waals surface area (Å²) < 4.78 is 33.2. The van der Waals surface area contributed by atoms with Crippen molar-refractivity contribution in [2.75, 3.05) is 13.7 Å². The molecule has 0 aliphatic heterocycles. The average molecular weight is 390 g/mol. The predicted molar refractivity (Wildman–Crippen MR) is 101 cm³/mol. The molecule has 0 saturated heterocycles. The van der Waals surface area contributed by atoms with Gasteiger partial charge >= 0.3 is 0 Å².